The van der Waals surface area contributed by atoms with E-state index in [1.54, 1.807) is 5.57 Å². The van der Waals surface area contributed by atoms with Crippen molar-refractivity contribution < 1.29 is 14.3 Å². The molecule has 3 heteroatoms. The molecule has 3 nitrogen and oxygen atoms in total. The molecule has 0 aromatic rings. The van der Waals surface area contributed by atoms with E-state index in [1.165, 1.54) is 51.4 Å². The van der Waals surface area contributed by atoms with Crippen LogP contribution in [0.3, 0.4) is 0 Å². The van der Waals surface area contributed by atoms with E-state index in [0.717, 1.165) is 50.4 Å². The Balaban J connectivity index is 1.33. The first-order valence-electron chi connectivity index (χ1n) is 14.2. The zero-order valence-corrected chi connectivity index (χ0v) is 21.8. The van der Waals surface area contributed by atoms with Gasteiger partial charge in [0.2, 0.25) is 0 Å². The molecule has 0 bridgehead atoms. The number of ether oxygens (including phenoxy) is 1. The molecule has 0 heterocycles. The number of carbonyl (C=O) groups excluding carboxylic acids is 2. The highest BCUT2D eigenvalue weighted by Crippen LogP contribution is 2.66. The minimum atomic E-state index is 0.0167. The molecule has 0 spiro atoms. The van der Waals surface area contributed by atoms with Gasteiger partial charge in [-0.05, 0) is 86.9 Å². The van der Waals surface area contributed by atoms with Crippen LogP contribution in [0.1, 0.15) is 124 Å². The maximum absolute atomic E-state index is 12.4. The molecule has 0 aliphatic heterocycles. The fraction of sp³-hybridized carbons (Fsp3) is 0.867. The number of hydrogen-bond acceptors (Lipinski definition) is 3. The highest BCUT2D eigenvalue weighted by Gasteiger charge is 2.59. The van der Waals surface area contributed by atoms with Crippen LogP contribution in [0.4, 0.5) is 0 Å². The van der Waals surface area contributed by atoms with Gasteiger partial charge >= 0.3 is 5.97 Å². The van der Waals surface area contributed by atoms with E-state index in [2.05, 4.69) is 26.8 Å². The second kappa shape index (κ2) is 10.2. The van der Waals surface area contributed by atoms with Crippen molar-refractivity contribution in [1.82, 2.24) is 0 Å². The molecule has 3 fully saturated rings. The lowest BCUT2D eigenvalue weighted by Gasteiger charge is -2.58. The zero-order chi connectivity index (χ0) is 23.6. The normalized spacial score (nSPS) is 39.8. The molecule has 0 aromatic carbocycles. The molecule has 0 radical (unpaired) electrons. The summed E-state index contributed by atoms with van der Waals surface area (Å²) in [5.41, 5.74) is 2.05. The number of rotatable bonds is 9. The summed E-state index contributed by atoms with van der Waals surface area (Å²) >= 11 is 0. The fourth-order valence-electron chi connectivity index (χ4n) is 8.69. The van der Waals surface area contributed by atoms with Crippen LogP contribution < -0.4 is 0 Å². The molecule has 4 rings (SSSR count). The Morgan fingerprint density at radius 1 is 0.970 bits per heavy atom. The molecule has 0 N–H and O–H groups in total. The van der Waals surface area contributed by atoms with Crippen LogP contribution in [0.15, 0.2) is 11.6 Å². The van der Waals surface area contributed by atoms with Crippen LogP contribution in [0.2, 0.25) is 0 Å². The van der Waals surface area contributed by atoms with Crippen molar-refractivity contribution in [3.8, 4) is 0 Å². The van der Waals surface area contributed by atoms with Crippen LogP contribution >= 0.6 is 0 Å². The summed E-state index contributed by atoms with van der Waals surface area (Å²) in [4.78, 5) is 24.8. The van der Waals surface area contributed by atoms with Crippen molar-refractivity contribution in [1.29, 1.82) is 0 Å². The third-order valence-corrected chi connectivity index (χ3v) is 10.6. The van der Waals surface area contributed by atoms with Crippen molar-refractivity contribution in [2.24, 2.45) is 34.5 Å². The van der Waals surface area contributed by atoms with Gasteiger partial charge in [0.1, 0.15) is 11.9 Å². The van der Waals surface area contributed by atoms with Gasteiger partial charge in [0, 0.05) is 18.8 Å². The van der Waals surface area contributed by atoms with Crippen LogP contribution in [-0.2, 0) is 14.3 Å². The smallest absolute Gasteiger partial charge is 0.306 e. The van der Waals surface area contributed by atoms with Gasteiger partial charge in [0.15, 0.2) is 0 Å². The number of allylic oxidation sites excluding steroid dienone is 1. The molecule has 7 atom stereocenters. The predicted octanol–water partition coefficient (Wildman–Crippen LogP) is 7.82. The molecule has 33 heavy (non-hydrogen) atoms. The van der Waals surface area contributed by atoms with Crippen molar-refractivity contribution in [3.05, 3.63) is 11.6 Å². The van der Waals surface area contributed by atoms with E-state index in [-0.39, 0.29) is 28.8 Å². The Morgan fingerprint density at radius 2 is 1.73 bits per heavy atom. The van der Waals surface area contributed by atoms with E-state index in [9.17, 15) is 9.59 Å². The summed E-state index contributed by atoms with van der Waals surface area (Å²) in [6, 6.07) is 0. The second-order valence-corrected chi connectivity index (χ2v) is 12.4. The van der Waals surface area contributed by atoms with Gasteiger partial charge in [-0.15, -0.1) is 0 Å². The predicted molar refractivity (Wildman–Crippen MR) is 134 cm³/mol. The fourth-order valence-corrected chi connectivity index (χ4v) is 8.69. The Hall–Kier alpha value is -1.12. The summed E-state index contributed by atoms with van der Waals surface area (Å²) < 4.78 is 5.96. The minimum Gasteiger partial charge on any atom is -0.462 e. The number of ketones is 1. The van der Waals surface area contributed by atoms with Crippen molar-refractivity contribution in [2.75, 3.05) is 0 Å². The number of unbranched alkanes of at least 4 members (excludes halogenated alkanes) is 5. The molecule has 0 saturated heterocycles. The Labute approximate surface area is 202 Å². The molecule has 3 saturated carbocycles. The van der Waals surface area contributed by atoms with Gasteiger partial charge in [-0.1, -0.05) is 64.5 Å². The first-order chi connectivity index (χ1) is 15.8. The molecule has 0 amide bonds. The first kappa shape index (κ1) is 25.0. The molecule has 186 valence electrons. The molecular formula is C30H48O3. The lowest BCUT2D eigenvalue weighted by molar-refractivity contribution is -0.151. The number of Topliss-reactive ketones (excluding diaryl/α,β-unsaturated/α-hetero) is 1. The highest BCUT2D eigenvalue weighted by molar-refractivity contribution is 5.79. The maximum atomic E-state index is 12.4. The average Bonchev–Trinajstić information content (AvgIpc) is 3.14. The number of carbonyl (C=O) groups is 2. The van der Waals surface area contributed by atoms with Gasteiger partial charge in [-0.3, -0.25) is 9.59 Å². The van der Waals surface area contributed by atoms with Gasteiger partial charge in [-0.25, -0.2) is 0 Å². The lowest BCUT2D eigenvalue weighted by Crippen LogP contribution is -2.51. The van der Waals surface area contributed by atoms with Crippen LogP contribution in [-0.4, -0.2) is 17.9 Å². The number of hydrogen-bond donors (Lipinski definition) is 0. The van der Waals surface area contributed by atoms with E-state index < -0.39 is 0 Å². The summed E-state index contributed by atoms with van der Waals surface area (Å²) in [6.45, 7) is 8.98. The number of esters is 1. The van der Waals surface area contributed by atoms with Crippen molar-refractivity contribution >= 4 is 11.8 Å². The van der Waals surface area contributed by atoms with E-state index in [1.807, 2.05) is 6.92 Å². The van der Waals surface area contributed by atoms with E-state index >= 15 is 0 Å². The Kier molecular flexibility index (Phi) is 7.76. The lowest BCUT2D eigenvalue weighted by atomic mass is 9.47. The van der Waals surface area contributed by atoms with Gasteiger partial charge in [-0.2, -0.15) is 0 Å². The molecule has 4 aliphatic carbocycles. The SMILES string of the molecule is CCCCCCCCC(=O)OC1CC[C@@]2(C)C(=CC[C@H]3[C@@H]4CC[C@H](C(C)=O)[C@@]4(C)CC[C@@H]32)C1. The summed E-state index contributed by atoms with van der Waals surface area (Å²) in [5, 5.41) is 0. The number of fused-ring (bicyclic) bond motifs is 5. The third-order valence-electron chi connectivity index (χ3n) is 10.6. The average molecular weight is 457 g/mol. The Morgan fingerprint density at radius 3 is 2.48 bits per heavy atom. The summed E-state index contributed by atoms with van der Waals surface area (Å²) in [7, 11) is 0. The van der Waals surface area contributed by atoms with Crippen LogP contribution in [0, 0.1) is 34.5 Å². The molecular weight excluding hydrogens is 408 g/mol. The zero-order valence-electron chi connectivity index (χ0n) is 21.8. The van der Waals surface area contributed by atoms with Crippen LogP contribution in [0.25, 0.3) is 0 Å². The van der Waals surface area contributed by atoms with Crippen LogP contribution in [0.5, 0.6) is 0 Å². The summed E-state index contributed by atoms with van der Waals surface area (Å²) in [5.74, 6) is 2.88. The monoisotopic (exact) mass is 456 g/mol. The van der Waals surface area contributed by atoms with E-state index in [4.69, 9.17) is 4.74 Å². The van der Waals surface area contributed by atoms with E-state index in [0.29, 0.717) is 18.1 Å². The summed E-state index contributed by atoms with van der Waals surface area (Å²) in [6.07, 6.45) is 19.5. The maximum Gasteiger partial charge on any atom is 0.306 e. The van der Waals surface area contributed by atoms with Crippen molar-refractivity contribution in [2.45, 2.75) is 130 Å². The largest absolute Gasteiger partial charge is 0.462 e. The standard InChI is InChI=1S/C30H48O3/c1-5-6-7-8-9-10-11-28(32)33-23-16-18-29(3)22(20-23)12-13-24-26-15-14-25(21(2)31)30(26,4)19-17-27(24)29/h12,23-27H,5-11,13-20H2,1-4H3/t23?,24-,25+,26-,27-,29-,30+/m0/s1. The molecule has 4 aliphatic rings. The Bertz CT molecular complexity index is 754. The second-order valence-electron chi connectivity index (χ2n) is 12.4. The minimum absolute atomic E-state index is 0.0167. The molecule has 1 unspecified atom stereocenters. The molecule has 0 aromatic heterocycles. The first-order valence-corrected chi connectivity index (χ1v) is 14.2. The highest BCUT2D eigenvalue weighted by atomic mass is 16.5. The topological polar surface area (TPSA) is 43.4 Å². The van der Waals surface area contributed by atoms with Gasteiger partial charge in [0.25, 0.3) is 0 Å². The quantitative estimate of drug-likeness (QED) is 0.202. The van der Waals surface area contributed by atoms with Gasteiger partial charge in [0.05, 0.1) is 0 Å². The third kappa shape index (κ3) is 4.85. The van der Waals surface area contributed by atoms with Gasteiger partial charge < -0.3 is 4.74 Å². The van der Waals surface area contributed by atoms with Crippen molar-refractivity contribution in [3.63, 3.8) is 0 Å².